The summed E-state index contributed by atoms with van der Waals surface area (Å²) in [6, 6.07) is 1.31. The van der Waals surface area contributed by atoms with Gasteiger partial charge in [0.1, 0.15) is 0 Å². The number of piperidine rings is 3. The van der Waals surface area contributed by atoms with Crippen LogP contribution in [0.25, 0.3) is 0 Å². The highest BCUT2D eigenvalue weighted by Gasteiger charge is 2.36. The molecule has 0 radical (unpaired) electrons. The molecule has 0 spiro atoms. The Labute approximate surface area is 157 Å². The van der Waals surface area contributed by atoms with E-state index in [0.29, 0.717) is 29.8 Å². The van der Waals surface area contributed by atoms with E-state index in [1.165, 1.54) is 25.7 Å². The van der Waals surface area contributed by atoms with Crippen LogP contribution < -0.4 is 5.32 Å². The third-order valence-corrected chi connectivity index (χ3v) is 7.33. The molecule has 4 rings (SSSR count). The van der Waals surface area contributed by atoms with Crippen molar-refractivity contribution in [3.63, 3.8) is 0 Å². The van der Waals surface area contributed by atoms with E-state index in [2.05, 4.69) is 17.1 Å². The molecule has 2 amide bonds. The molecule has 4 aliphatic heterocycles. The number of rotatable bonds is 3. The number of nitrogens with one attached hydrogen (secondary N) is 1. The number of carbonyl (C=O) groups excluding carboxylic acids is 2. The van der Waals surface area contributed by atoms with E-state index in [4.69, 9.17) is 0 Å². The van der Waals surface area contributed by atoms with Crippen LogP contribution in [0.5, 0.6) is 0 Å². The second-order valence-corrected chi connectivity index (χ2v) is 9.34. The maximum Gasteiger partial charge on any atom is 0.225 e. The Bertz CT molecular complexity index is 509. The molecule has 2 atom stereocenters. The van der Waals surface area contributed by atoms with Gasteiger partial charge in [-0.05, 0) is 63.2 Å². The number of hydrogen-bond donors (Lipinski definition) is 1. The van der Waals surface area contributed by atoms with Gasteiger partial charge in [-0.3, -0.25) is 9.59 Å². The van der Waals surface area contributed by atoms with E-state index in [-0.39, 0.29) is 5.92 Å². The summed E-state index contributed by atoms with van der Waals surface area (Å²) >= 11 is 0. The van der Waals surface area contributed by atoms with Gasteiger partial charge in [0.2, 0.25) is 11.8 Å². The smallest absolute Gasteiger partial charge is 0.225 e. The zero-order valence-corrected chi connectivity index (χ0v) is 16.3. The van der Waals surface area contributed by atoms with Gasteiger partial charge >= 0.3 is 0 Å². The van der Waals surface area contributed by atoms with Gasteiger partial charge in [-0.1, -0.05) is 6.92 Å². The van der Waals surface area contributed by atoms with Crippen LogP contribution in [0.1, 0.15) is 64.7 Å². The number of amides is 2. The van der Waals surface area contributed by atoms with Gasteiger partial charge in [-0.15, -0.1) is 0 Å². The largest absolute Gasteiger partial charge is 0.343 e. The number of hydrogen-bond acceptors (Lipinski definition) is 3. The number of carbonyl (C=O) groups is 2. The first kappa shape index (κ1) is 18.3. The second-order valence-electron chi connectivity index (χ2n) is 9.34. The minimum Gasteiger partial charge on any atom is -0.343 e. The molecule has 0 aliphatic carbocycles. The number of nitrogens with zero attached hydrogens (tertiary/aromatic N) is 2. The van der Waals surface area contributed by atoms with Gasteiger partial charge in [0.25, 0.3) is 0 Å². The van der Waals surface area contributed by atoms with Gasteiger partial charge in [0.15, 0.2) is 0 Å². The van der Waals surface area contributed by atoms with Gasteiger partial charge in [0, 0.05) is 50.6 Å². The lowest BCUT2D eigenvalue weighted by atomic mass is 9.88. The Morgan fingerprint density at radius 1 is 0.846 bits per heavy atom. The van der Waals surface area contributed by atoms with Gasteiger partial charge in [-0.25, -0.2) is 0 Å². The fourth-order valence-corrected chi connectivity index (χ4v) is 5.58. The second kappa shape index (κ2) is 7.87. The molecular weight excluding hydrogens is 326 g/mol. The highest BCUT2D eigenvalue weighted by molar-refractivity contribution is 5.80. The monoisotopic (exact) mass is 361 g/mol. The van der Waals surface area contributed by atoms with Crippen molar-refractivity contribution in [2.75, 3.05) is 26.2 Å². The van der Waals surface area contributed by atoms with E-state index in [9.17, 15) is 9.59 Å². The Morgan fingerprint density at radius 2 is 1.42 bits per heavy atom. The third-order valence-electron chi connectivity index (χ3n) is 7.33. The number of fused-ring (bicyclic) bond motifs is 2. The zero-order valence-electron chi connectivity index (χ0n) is 16.3. The van der Waals surface area contributed by atoms with Crippen LogP contribution in [0, 0.1) is 17.8 Å². The molecule has 26 heavy (non-hydrogen) atoms. The minimum absolute atomic E-state index is 0.141. The molecule has 4 fully saturated rings. The predicted molar refractivity (Wildman–Crippen MR) is 102 cm³/mol. The summed E-state index contributed by atoms with van der Waals surface area (Å²) in [4.78, 5) is 29.6. The van der Waals surface area contributed by atoms with Crippen molar-refractivity contribution in [3.05, 3.63) is 0 Å². The SMILES string of the molecule is CC1CCN(C(=O)C2CCN(C(=O)CC3CC4CCC(C3)N4)CC2)CC1. The Kier molecular flexibility index (Phi) is 5.53. The lowest BCUT2D eigenvalue weighted by molar-refractivity contribution is -0.142. The summed E-state index contributed by atoms with van der Waals surface area (Å²) in [5, 5.41) is 3.66. The molecule has 0 saturated carbocycles. The van der Waals surface area contributed by atoms with Crippen LogP contribution >= 0.6 is 0 Å². The first-order valence-corrected chi connectivity index (χ1v) is 10.9. The predicted octanol–water partition coefficient (Wildman–Crippen LogP) is 2.40. The van der Waals surface area contributed by atoms with Crippen molar-refractivity contribution in [1.82, 2.24) is 15.1 Å². The van der Waals surface area contributed by atoms with Crippen LogP contribution in [0.15, 0.2) is 0 Å². The highest BCUT2D eigenvalue weighted by atomic mass is 16.2. The van der Waals surface area contributed by atoms with E-state index in [1.807, 2.05) is 4.90 Å². The van der Waals surface area contributed by atoms with Crippen LogP contribution in [-0.2, 0) is 9.59 Å². The average Bonchev–Trinajstić information content (AvgIpc) is 3.00. The van der Waals surface area contributed by atoms with Crippen molar-refractivity contribution in [1.29, 1.82) is 0 Å². The molecule has 4 saturated heterocycles. The lowest BCUT2D eigenvalue weighted by Gasteiger charge is -2.37. The summed E-state index contributed by atoms with van der Waals surface area (Å²) in [5.74, 6) is 2.13. The molecule has 0 aromatic carbocycles. The quantitative estimate of drug-likeness (QED) is 0.840. The average molecular weight is 362 g/mol. The van der Waals surface area contributed by atoms with E-state index in [1.54, 1.807) is 0 Å². The molecule has 2 unspecified atom stereocenters. The molecule has 0 aromatic rings. The van der Waals surface area contributed by atoms with Gasteiger partial charge in [0.05, 0.1) is 0 Å². The molecule has 2 bridgehead atoms. The normalized spacial score (nSPS) is 33.5. The summed E-state index contributed by atoms with van der Waals surface area (Å²) in [7, 11) is 0. The Hall–Kier alpha value is -1.10. The van der Waals surface area contributed by atoms with Crippen molar-refractivity contribution >= 4 is 11.8 Å². The van der Waals surface area contributed by atoms with Crippen molar-refractivity contribution in [3.8, 4) is 0 Å². The molecule has 5 nitrogen and oxygen atoms in total. The summed E-state index contributed by atoms with van der Waals surface area (Å²) < 4.78 is 0. The first-order valence-electron chi connectivity index (χ1n) is 10.9. The van der Waals surface area contributed by atoms with Crippen LogP contribution in [0.4, 0.5) is 0 Å². The van der Waals surface area contributed by atoms with E-state index >= 15 is 0 Å². The highest BCUT2D eigenvalue weighted by Crippen LogP contribution is 2.33. The van der Waals surface area contributed by atoms with Crippen LogP contribution in [-0.4, -0.2) is 59.9 Å². The van der Waals surface area contributed by atoms with E-state index in [0.717, 1.165) is 64.2 Å². The summed E-state index contributed by atoms with van der Waals surface area (Å²) in [5.41, 5.74) is 0. The lowest BCUT2D eigenvalue weighted by Crippen LogP contribution is -2.47. The first-order chi connectivity index (χ1) is 12.6. The molecule has 1 N–H and O–H groups in total. The maximum absolute atomic E-state index is 12.7. The molecule has 5 heteroatoms. The molecule has 146 valence electrons. The zero-order chi connectivity index (χ0) is 18.1. The standard InChI is InChI=1S/C21H35N3O2/c1-15-4-8-24(9-5-15)21(26)17-6-10-23(11-7-17)20(25)14-16-12-18-2-3-19(13-16)22-18/h15-19,22H,2-14H2,1H3. The Morgan fingerprint density at radius 3 is 2.04 bits per heavy atom. The van der Waals surface area contributed by atoms with E-state index < -0.39 is 0 Å². The summed E-state index contributed by atoms with van der Waals surface area (Å²) in [6.07, 6.45) is 9.63. The summed E-state index contributed by atoms with van der Waals surface area (Å²) in [6.45, 7) is 5.68. The number of likely N-dealkylation sites (tertiary alicyclic amines) is 2. The molecular formula is C21H35N3O2. The molecule has 4 aliphatic rings. The van der Waals surface area contributed by atoms with Crippen LogP contribution in [0.3, 0.4) is 0 Å². The molecule has 0 aromatic heterocycles. The van der Waals surface area contributed by atoms with Crippen molar-refractivity contribution in [2.45, 2.75) is 76.8 Å². The fourth-order valence-electron chi connectivity index (χ4n) is 5.58. The van der Waals surface area contributed by atoms with Gasteiger partial charge < -0.3 is 15.1 Å². The third kappa shape index (κ3) is 4.08. The van der Waals surface area contributed by atoms with Crippen LogP contribution in [0.2, 0.25) is 0 Å². The molecule has 4 heterocycles. The Balaban J connectivity index is 1.22. The topological polar surface area (TPSA) is 52.7 Å². The van der Waals surface area contributed by atoms with Crippen molar-refractivity contribution < 1.29 is 9.59 Å². The van der Waals surface area contributed by atoms with Crippen molar-refractivity contribution in [2.24, 2.45) is 17.8 Å². The maximum atomic E-state index is 12.7. The fraction of sp³-hybridized carbons (Fsp3) is 0.905. The van der Waals surface area contributed by atoms with Gasteiger partial charge in [-0.2, -0.15) is 0 Å². The minimum atomic E-state index is 0.141.